The number of halogens is 1. The molecule has 1 aromatic carbocycles. The second kappa shape index (κ2) is 5.89. The summed E-state index contributed by atoms with van der Waals surface area (Å²) in [7, 11) is 1.72. The first-order valence-electron chi connectivity index (χ1n) is 6.62. The van der Waals surface area contributed by atoms with Crippen molar-refractivity contribution in [2.75, 3.05) is 13.7 Å². The van der Waals surface area contributed by atoms with Gasteiger partial charge in [0, 0.05) is 18.2 Å². The van der Waals surface area contributed by atoms with Crippen molar-refractivity contribution in [1.29, 1.82) is 0 Å². The van der Waals surface area contributed by atoms with E-state index in [1.807, 2.05) is 19.1 Å². The van der Waals surface area contributed by atoms with Crippen molar-refractivity contribution >= 4 is 22.5 Å². The van der Waals surface area contributed by atoms with E-state index in [0.717, 1.165) is 33.6 Å². The highest BCUT2D eigenvalue weighted by atomic mass is 35.5. The summed E-state index contributed by atoms with van der Waals surface area (Å²) in [4.78, 5) is 4.77. The fourth-order valence-corrected chi connectivity index (χ4v) is 3.02. The van der Waals surface area contributed by atoms with E-state index in [0.29, 0.717) is 12.5 Å². The van der Waals surface area contributed by atoms with Gasteiger partial charge in [-0.3, -0.25) is 4.98 Å². The number of para-hydroxylation sites is 1. The fourth-order valence-electron chi connectivity index (χ4n) is 2.52. The number of pyridine rings is 1. The average Bonchev–Trinajstić information content (AvgIpc) is 2.36. The first-order valence-corrected chi connectivity index (χ1v) is 7.00. The Kier molecular flexibility index (Phi) is 4.43. The molecule has 0 aliphatic rings. The molecule has 0 bridgehead atoms. The van der Waals surface area contributed by atoms with E-state index >= 15 is 0 Å². The topological polar surface area (TPSA) is 22.1 Å². The molecule has 0 atom stereocenters. The molecule has 1 aromatic heterocycles. The first-order chi connectivity index (χ1) is 9.06. The van der Waals surface area contributed by atoms with Gasteiger partial charge in [0.05, 0.1) is 17.1 Å². The molecule has 102 valence electrons. The summed E-state index contributed by atoms with van der Waals surface area (Å²) in [6.07, 6.45) is 0.859. The number of rotatable bonds is 4. The second-order valence-corrected chi connectivity index (χ2v) is 5.51. The number of methoxy groups -OCH3 is 1. The molecule has 0 spiro atoms. The minimum absolute atomic E-state index is 0.382. The largest absolute Gasteiger partial charge is 0.384 e. The van der Waals surface area contributed by atoms with Gasteiger partial charge >= 0.3 is 0 Å². The van der Waals surface area contributed by atoms with Crippen LogP contribution in [0, 0.1) is 6.92 Å². The highest BCUT2D eigenvalue weighted by Crippen LogP contribution is 2.34. The Morgan fingerprint density at radius 2 is 2.05 bits per heavy atom. The number of fused-ring (bicyclic) bond motifs is 1. The highest BCUT2D eigenvalue weighted by Gasteiger charge is 2.15. The van der Waals surface area contributed by atoms with Crippen LogP contribution in [-0.4, -0.2) is 18.7 Å². The quantitative estimate of drug-likeness (QED) is 0.820. The molecule has 0 saturated carbocycles. The molecule has 0 aliphatic carbocycles. The van der Waals surface area contributed by atoms with Crippen LogP contribution in [-0.2, 0) is 11.2 Å². The smallest absolute Gasteiger partial charge is 0.0753 e. The van der Waals surface area contributed by atoms with Crippen LogP contribution < -0.4 is 0 Å². The predicted octanol–water partition coefficient (Wildman–Crippen LogP) is 4.51. The Bertz CT molecular complexity index is 593. The maximum atomic E-state index is 6.58. The molecule has 0 saturated heterocycles. The van der Waals surface area contributed by atoms with E-state index in [-0.39, 0.29) is 0 Å². The minimum atomic E-state index is 0.382. The summed E-state index contributed by atoms with van der Waals surface area (Å²) in [6.45, 7) is 7.03. The van der Waals surface area contributed by atoms with Gasteiger partial charge in [0.25, 0.3) is 0 Å². The van der Waals surface area contributed by atoms with Gasteiger partial charge in [0.1, 0.15) is 0 Å². The molecule has 2 nitrogen and oxygen atoms in total. The summed E-state index contributed by atoms with van der Waals surface area (Å²) in [5, 5.41) is 1.89. The molecule has 2 rings (SSSR count). The van der Waals surface area contributed by atoms with E-state index in [2.05, 4.69) is 19.9 Å². The summed E-state index contributed by atoms with van der Waals surface area (Å²) >= 11 is 6.58. The standard InChI is InChI=1S/C16H20ClNO/c1-10(2)14-11(3)18-16-12(8-9-19-4)6-5-7-13(16)15(14)17/h5-7,10H,8-9H2,1-4H3. The van der Waals surface area contributed by atoms with Crippen LogP contribution in [0.25, 0.3) is 10.9 Å². The molecular formula is C16H20ClNO. The molecule has 19 heavy (non-hydrogen) atoms. The zero-order valence-electron chi connectivity index (χ0n) is 12.0. The fraction of sp³-hybridized carbons (Fsp3) is 0.438. The molecule has 3 heteroatoms. The van der Waals surface area contributed by atoms with Crippen LogP contribution in [0.3, 0.4) is 0 Å². The molecule has 0 aliphatic heterocycles. The lowest BCUT2D eigenvalue weighted by Gasteiger charge is -2.15. The van der Waals surface area contributed by atoms with E-state index in [1.165, 1.54) is 5.56 Å². The SMILES string of the molecule is COCCc1cccc2c(Cl)c(C(C)C)c(C)nc12. The number of hydrogen-bond donors (Lipinski definition) is 0. The zero-order valence-corrected chi connectivity index (χ0v) is 12.7. The number of benzene rings is 1. The van der Waals surface area contributed by atoms with Crippen molar-refractivity contribution in [1.82, 2.24) is 4.98 Å². The Hall–Kier alpha value is -1.12. The number of aromatic nitrogens is 1. The van der Waals surface area contributed by atoms with Gasteiger partial charge in [-0.15, -0.1) is 0 Å². The zero-order chi connectivity index (χ0) is 14.0. The summed E-state index contributed by atoms with van der Waals surface area (Å²) in [5.41, 5.74) is 4.38. The van der Waals surface area contributed by atoms with Crippen LogP contribution in [0.15, 0.2) is 18.2 Å². The third kappa shape index (κ3) is 2.75. The van der Waals surface area contributed by atoms with E-state index in [9.17, 15) is 0 Å². The Morgan fingerprint density at radius 3 is 2.68 bits per heavy atom. The van der Waals surface area contributed by atoms with Crippen molar-refractivity contribution in [3.05, 3.63) is 40.0 Å². The third-order valence-corrected chi connectivity index (χ3v) is 3.82. The van der Waals surface area contributed by atoms with Crippen LogP contribution in [0.5, 0.6) is 0 Å². The first kappa shape index (κ1) is 14.3. The predicted molar refractivity (Wildman–Crippen MR) is 81.2 cm³/mol. The molecule has 0 fully saturated rings. The number of nitrogens with zero attached hydrogens (tertiary/aromatic N) is 1. The monoisotopic (exact) mass is 277 g/mol. The summed E-state index contributed by atoms with van der Waals surface area (Å²) in [5.74, 6) is 0.382. The molecule has 0 radical (unpaired) electrons. The van der Waals surface area contributed by atoms with E-state index in [4.69, 9.17) is 21.3 Å². The molecular weight excluding hydrogens is 258 g/mol. The van der Waals surface area contributed by atoms with Gasteiger partial charge in [0.2, 0.25) is 0 Å². The number of aryl methyl sites for hydroxylation is 1. The normalized spacial score (nSPS) is 11.5. The molecule has 1 heterocycles. The maximum Gasteiger partial charge on any atom is 0.0753 e. The van der Waals surface area contributed by atoms with Crippen molar-refractivity contribution in [3.63, 3.8) is 0 Å². The van der Waals surface area contributed by atoms with Crippen molar-refractivity contribution < 1.29 is 4.74 Å². The van der Waals surface area contributed by atoms with Gasteiger partial charge in [-0.2, -0.15) is 0 Å². The summed E-state index contributed by atoms with van der Waals surface area (Å²) < 4.78 is 5.16. The van der Waals surface area contributed by atoms with Crippen LogP contribution in [0.4, 0.5) is 0 Å². The third-order valence-electron chi connectivity index (χ3n) is 3.41. The lowest BCUT2D eigenvalue weighted by molar-refractivity contribution is 0.202. The lowest BCUT2D eigenvalue weighted by Crippen LogP contribution is -2.02. The van der Waals surface area contributed by atoms with Gasteiger partial charge in [-0.25, -0.2) is 0 Å². The van der Waals surface area contributed by atoms with Crippen LogP contribution in [0.2, 0.25) is 5.02 Å². The van der Waals surface area contributed by atoms with Gasteiger partial charge in [-0.05, 0) is 30.4 Å². The molecule has 0 N–H and O–H groups in total. The Labute approximate surface area is 119 Å². The number of hydrogen-bond acceptors (Lipinski definition) is 2. The average molecular weight is 278 g/mol. The van der Waals surface area contributed by atoms with Gasteiger partial charge in [0.15, 0.2) is 0 Å². The van der Waals surface area contributed by atoms with Gasteiger partial charge in [-0.1, -0.05) is 43.6 Å². The van der Waals surface area contributed by atoms with Crippen LogP contribution in [0.1, 0.15) is 36.6 Å². The van der Waals surface area contributed by atoms with Crippen molar-refractivity contribution in [2.45, 2.75) is 33.1 Å². The lowest BCUT2D eigenvalue weighted by atomic mass is 9.97. The highest BCUT2D eigenvalue weighted by molar-refractivity contribution is 6.36. The van der Waals surface area contributed by atoms with E-state index < -0.39 is 0 Å². The van der Waals surface area contributed by atoms with E-state index in [1.54, 1.807) is 7.11 Å². The summed E-state index contributed by atoms with van der Waals surface area (Å²) in [6, 6.07) is 6.19. The molecule has 0 unspecified atom stereocenters. The Morgan fingerprint density at radius 1 is 1.32 bits per heavy atom. The van der Waals surface area contributed by atoms with Crippen molar-refractivity contribution in [2.24, 2.45) is 0 Å². The Balaban J connectivity index is 2.65. The molecule has 2 aromatic rings. The van der Waals surface area contributed by atoms with Crippen molar-refractivity contribution in [3.8, 4) is 0 Å². The van der Waals surface area contributed by atoms with Gasteiger partial charge < -0.3 is 4.74 Å². The van der Waals surface area contributed by atoms with Crippen LogP contribution >= 0.6 is 11.6 Å². The molecule has 0 amide bonds. The minimum Gasteiger partial charge on any atom is -0.384 e. The maximum absolute atomic E-state index is 6.58. The second-order valence-electron chi connectivity index (χ2n) is 5.14. The number of ether oxygens (including phenoxy) is 1.